The third-order valence-electron chi connectivity index (χ3n) is 5.46. The summed E-state index contributed by atoms with van der Waals surface area (Å²) in [6.45, 7) is 4.38. The zero-order valence-electron chi connectivity index (χ0n) is 17.2. The van der Waals surface area contributed by atoms with Gasteiger partial charge in [-0.05, 0) is 12.8 Å². The Hall–Kier alpha value is -1.06. The Kier molecular flexibility index (Phi) is 15.5. The Morgan fingerprint density at radius 3 is 1.27 bits per heavy atom. The van der Waals surface area contributed by atoms with E-state index in [0.717, 1.165) is 38.5 Å². The van der Waals surface area contributed by atoms with Gasteiger partial charge in [-0.1, -0.05) is 104 Å². The van der Waals surface area contributed by atoms with Crippen molar-refractivity contribution in [2.75, 3.05) is 0 Å². The standard InChI is InChI=1S/C22H42O4/c1-3-5-7-9-11-13-15-17-22(21(25)26,19-20(23)24)18-16-14-12-10-8-6-4-2/h3-19H2,1-2H3,(H,23,24)(H,25,26). The molecule has 26 heavy (non-hydrogen) atoms. The Morgan fingerprint density at radius 2 is 0.962 bits per heavy atom. The molecular formula is C22H42O4. The first-order valence-electron chi connectivity index (χ1n) is 10.9. The summed E-state index contributed by atoms with van der Waals surface area (Å²) in [6.07, 6.45) is 16.5. The van der Waals surface area contributed by atoms with Crippen molar-refractivity contribution in [3.8, 4) is 0 Å². The first-order valence-corrected chi connectivity index (χ1v) is 10.9. The molecule has 0 rings (SSSR count). The van der Waals surface area contributed by atoms with E-state index in [-0.39, 0.29) is 6.42 Å². The number of carboxylic acids is 2. The van der Waals surface area contributed by atoms with Crippen LogP contribution in [0.2, 0.25) is 0 Å². The lowest BCUT2D eigenvalue weighted by molar-refractivity contribution is -0.157. The van der Waals surface area contributed by atoms with Crippen LogP contribution in [0.5, 0.6) is 0 Å². The second-order valence-electron chi connectivity index (χ2n) is 7.90. The van der Waals surface area contributed by atoms with E-state index in [1.165, 1.54) is 51.4 Å². The Bertz CT molecular complexity index is 347. The van der Waals surface area contributed by atoms with Crippen LogP contribution in [0.1, 0.15) is 123 Å². The maximum absolute atomic E-state index is 11.9. The molecule has 0 bridgehead atoms. The third kappa shape index (κ3) is 12.3. The van der Waals surface area contributed by atoms with E-state index in [4.69, 9.17) is 0 Å². The van der Waals surface area contributed by atoms with E-state index in [9.17, 15) is 19.8 Å². The van der Waals surface area contributed by atoms with E-state index in [2.05, 4.69) is 13.8 Å². The van der Waals surface area contributed by atoms with Crippen molar-refractivity contribution in [2.24, 2.45) is 5.41 Å². The fourth-order valence-corrected chi connectivity index (χ4v) is 3.72. The van der Waals surface area contributed by atoms with Gasteiger partial charge in [-0.15, -0.1) is 0 Å². The zero-order chi connectivity index (χ0) is 19.7. The monoisotopic (exact) mass is 370 g/mol. The summed E-state index contributed by atoms with van der Waals surface area (Å²) in [5.74, 6) is -1.91. The number of carbonyl (C=O) groups is 2. The number of rotatable bonds is 19. The second-order valence-corrected chi connectivity index (χ2v) is 7.90. The normalized spacial score (nSPS) is 11.6. The molecule has 0 fully saturated rings. The molecule has 0 saturated heterocycles. The van der Waals surface area contributed by atoms with Crippen LogP contribution in [0, 0.1) is 5.41 Å². The summed E-state index contributed by atoms with van der Waals surface area (Å²) in [5, 5.41) is 19.0. The van der Waals surface area contributed by atoms with Crippen molar-refractivity contribution in [1.82, 2.24) is 0 Å². The number of unbranched alkanes of at least 4 members (excludes halogenated alkanes) is 12. The first kappa shape index (κ1) is 24.9. The minimum Gasteiger partial charge on any atom is -0.481 e. The average molecular weight is 371 g/mol. The molecule has 2 N–H and O–H groups in total. The quantitative estimate of drug-likeness (QED) is 0.245. The van der Waals surface area contributed by atoms with Crippen molar-refractivity contribution in [3.63, 3.8) is 0 Å². The van der Waals surface area contributed by atoms with Crippen LogP contribution in [0.25, 0.3) is 0 Å². The Labute approximate surface area is 160 Å². The molecule has 0 spiro atoms. The van der Waals surface area contributed by atoms with Crippen molar-refractivity contribution >= 4 is 11.9 Å². The minimum atomic E-state index is -1.07. The van der Waals surface area contributed by atoms with Crippen molar-refractivity contribution in [2.45, 2.75) is 123 Å². The van der Waals surface area contributed by atoms with Crippen LogP contribution < -0.4 is 0 Å². The highest BCUT2D eigenvalue weighted by Crippen LogP contribution is 2.36. The summed E-state index contributed by atoms with van der Waals surface area (Å²) in [6, 6.07) is 0. The topological polar surface area (TPSA) is 74.6 Å². The highest BCUT2D eigenvalue weighted by atomic mass is 16.4. The van der Waals surface area contributed by atoms with Gasteiger partial charge in [-0.3, -0.25) is 9.59 Å². The van der Waals surface area contributed by atoms with Gasteiger partial charge >= 0.3 is 11.9 Å². The van der Waals surface area contributed by atoms with E-state index in [0.29, 0.717) is 12.8 Å². The maximum Gasteiger partial charge on any atom is 0.310 e. The van der Waals surface area contributed by atoms with Gasteiger partial charge in [0.1, 0.15) is 0 Å². The molecule has 0 aliphatic heterocycles. The molecule has 4 heteroatoms. The summed E-state index contributed by atoms with van der Waals surface area (Å²) in [4.78, 5) is 23.2. The lowest BCUT2D eigenvalue weighted by atomic mass is 9.75. The van der Waals surface area contributed by atoms with E-state index in [1.807, 2.05) is 0 Å². The van der Waals surface area contributed by atoms with Gasteiger partial charge in [0.25, 0.3) is 0 Å². The summed E-state index contributed by atoms with van der Waals surface area (Å²) < 4.78 is 0. The molecule has 0 aliphatic rings. The molecule has 0 amide bonds. The molecule has 0 radical (unpaired) electrons. The molecule has 0 heterocycles. The SMILES string of the molecule is CCCCCCCCCC(CCCCCCCCC)(CC(=O)O)C(=O)O. The van der Waals surface area contributed by atoms with Gasteiger partial charge in [0, 0.05) is 0 Å². The smallest absolute Gasteiger partial charge is 0.310 e. The number of hydrogen-bond donors (Lipinski definition) is 2. The van der Waals surface area contributed by atoms with Crippen molar-refractivity contribution in [3.05, 3.63) is 0 Å². The van der Waals surface area contributed by atoms with E-state index >= 15 is 0 Å². The van der Waals surface area contributed by atoms with Crippen LogP contribution in [0.3, 0.4) is 0 Å². The molecule has 154 valence electrons. The van der Waals surface area contributed by atoms with Gasteiger partial charge in [-0.2, -0.15) is 0 Å². The van der Waals surface area contributed by atoms with Crippen LogP contribution >= 0.6 is 0 Å². The molecule has 0 atom stereocenters. The fraction of sp³-hybridized carbons (Fsp3) is 0.909. The summed E-state index contributed by atoms with van der Waals surface area (Å²) in [5.41, 5.74) is -1.07. The van der Waals surface area contributed by atoms with Crippen molar-refractivity contribution < 1.29 is 19.8 Å². The fourth-order valence-electron chi connectivity index (χ4n) is 3.72. The van der Waals surface area contributed by atoms with E-state index in [1.54, 1.807) is 0 Å². The van der Waals surface area contributed by atoms with E-state index < -0.39 is 17.4 Å². The summed E-state index contributed by atoms with van der Waals surface area (Å²) >= 11 is 0. The summed E-state index contributed by atoms with van der Waals surface area (Å²) in [7, 11) is 0. The second kappa shape index (κ2) is 16.1. The zero-order valence-corrected chi connectivity index (χ0v) is 17.2. The van der Waals surface area contributed by atoms with Crippen LogP contribution in [0.4, 0.5) is 0 Å². The predicted molar refractivity (Wildman–Crippen MR) is 108 cm³/mol. The van der Waals surface area contributed by atoms with Crippen LogP contribution in [-0.2, 0) is 9.59 Å². The lowest BCUT2D eigenvalue weighted by Gasteiger charge is -2.28. The van der Waals surface area contributed by atoms with Gasteiger partial charge in [0.15, 0.2) is 0 Å². The molecule has 0 aromatic rings. The highest BCUT2D eigenvalue weighted by molar-refractivity contribution is 5.81. The Morgan fingerprint density at radius 1 is 0.615 bits per heavy atom. The molecule has 0 saturated carbocycles. The first-order chi connectivity index (χ1) is 12.5. The Balaban J connectivity index is 4.33. The minimum absolute atomic E-state index is 0.242. The number of carboxylic acid groups (broad SMARTS) is 2. The number of hydrogen-bond acceptors (Lipinski definition) is 2. The third-order valence-corrected chi connectivity index (χ3v) is 5.46. The van der Waals surface area contributed by atoms with Gasteiger partial charge in [0.2, 0.25) is 0 Å². The van der Waals surface area contributed by atoms with Crippen molar-refractivity contribution in [1.29, 1.82) is 0 Å². The van der Waals surface area contributed by atoms with Gasteiger partial charge < -0.3 is 10.2 Å². The molecule has 0 aliphatic carbocycles. The van der Waals surface area contributed by atoms with Crippen LogP contribution in [0.15, 0.2) is 0 Å². The number of aliphatic carboxylic acids is 2. The predicted octanol–water partition coefficient (Wildman–Crippen LogP) is 6.81. The molecule has 0 unspecified atom stereocenters. The van der Waals surface area contributed by atoms with Crippen LogP contribution in [-0.4, -0.2) is 22.2 Å². The highest BCUT2D eigenvalue weighted by Gasteiger charge is 2.39. The molecule has 0 aromatic heterocycles. The van der Waals surface area contributed by atoms with Gasteiger partial charge in [-0.25, -0.2) is 0 Å². The average Bonchev–Trinajstić information content (AvgIpc) is 2.59. The maximum atomic E-state index is 11.9. The molecular weight excluding hydrogens is 328 g/mol. The lowest BCUT2D eigenvalue weighted by Crippen LogP contribution is -2.33. The largest absolute Gasteiger partial charge is 0.481 e. The molecule has 0 aromatic carbocycles. The van der Waals surface area contributed by atoms with Gasteiger partial charge in [0.05, 0.1) is 11.8 Å². The molecule has 4 nitrogen and oxygen atoms in total.